The van der Waals surface area contributed by atoms with E-state index >= 15 is 0 Å². The van der Waals surface area contributed by atoms with E-state index in [1.54, 1.807) is 73.8 Å². The number of benzene rings is 3. The van der Waals surface area contributed by atoms with E-state index < -0.39 is 22.8 Å². The number of carbonyl (C=O) groups excluding carboxylic acids is 3. The van der Waals surface area contributed by atoms with Gasteiger partial charge in [0.25, 0.3) is 11.8 Å². The number of aromatic nitrogens is 2. The molecule has 0 radical (unpaired) electrons. The normalized spacial score (nSPS) is 10.5. The van der Waals surface area contributed by atoms with E-state index in [9.17, 15) is 27.6 Å². The zero-order valence-electron chi connectivity index (χ0n) is 26.3. The lowest BCUT2D eigenvalue weighted by Gasteiger charge is -2.12. The second kappa shape index (κ2) is 16.7. The summed E-state index contributed by atoms with van der Waals surface area (Å²) >= 11 is 5.57. The molecular weight excluding hydrogens is 679 g/mol. The van der Waals surface area contributed by atoms with Crippen molar-refractivity contribution in [1.82, 2.24) is 20.6 Å². The van der Waals surface area contributed by atoms with Crippen molar-refractivity contribution in [2.45, 2.75) is 6.18 Å². The van der Waals surface area contributed by atoms with Gasteiger partial charge in [0.2, 0.25) is 0 Å². The molecule has 0 aliphatic heterocycles. The maximum atomic E-state index is 12.9. The van der Waals surface area contributed by atoms with Gasteiger partial charge in [-0.15, -0.1) is 0 Å². The number of nitrogens with two attached hydrogens (primary N) is 1. The van der Waals surface area contributed by atoms with Gasteiger partial charge in [-0.3, -0.25) is 19.6 Å². The van der Waals surface area contributed by atoms with Gasteiger partial charge in [0, 0.05) is 55.7 Å². The van der Waals surface area contributed by atoms with E-state index in [-0.39, 0.29) is 23.2 Å². The number of anilines is 3. The van der Waals surface area contributed by atoms with Gasteiger partial charge < -0.3 is 36.5 Å². The lowest BCUT2D eigenvalue weighted by molar-refractivity contribution is -0.137. The van der Waals surface area contributed by atoms with Crippen molar-refractivity contribution < 1.29 is 37.0 Å². The molecule has 0 spiro atoms. The van der Waals surface area contributed by atoms with Gasteiger partial charge in [0.15, 0.2) is 0 Å². The van der Waals surface area contributed by atoms with Gasteiger partial charge in [-0.2, -0.15) is 13.2 Å². The van der Waals surface area contributed by atoms with Crippen molar-refractivity contribution in [1.29, 1.82) is 0 Å². The van der Waals surface area contributed by atoms with Crippen LogP contribution in [0.2, 0.25) is 5.02 Å². The summed E-state index contributed by atoms with van der Waals surface area (Å²) in [5.74, 6) is 1.41. The molecule has 0 saturated heterocycles. The van der Waals surface area contributed by atoms with Crippen LogP contribution in [-0.2, 0) is 6.18 Å². The van der Waals surface area contributed by atoms with Crippen molar-refractivity contribution in [2.24, 2.45) is 0 Å². The van der Waals surface area contributed by atoms with Crippen molar-refractivity contribution >= 4 is 46.5 Å². The third-order valence-electron chi connectivity index (χ3n) is 6.38. The lowest BCUT2D eigenvalue weighted by Crippen LogP contribution is -2.19. The Morgan fingerprint density at radius 1 is 0.660 bits per heavy atom. The molecule has 5 aromatic rings. The third kappa shape index (κ3) is 10.6. The van der Waals surface area contributed by atoms with Gasteiger partial charge in [-0.05, 0) is 78.9 Å². The summed E-state index contributed by atoms with van der Waals surface area (Å²) in [6.07, 6.45) is -1.69. The number of nitrogens with one attached hydrogen (secondary N) is 4. The monoisotopic (exact) mass is 707 g/mol. The molecular formula is C34H29ClF3N7O5. The quantitative estimate of drug-likeness (QED) is 0.104. The molecule has 0 fully saturated rings. The summed E-state index contributed by atoms with van der Waals surface area (Å²) in [4.78, 5) is 43.1. The Morgan fingerprint density at radius 2 is 1.12 bits per heavy atom. The molecule has 2 aromatic heterocycles. The van der Waals surface area contributed by atoms with Crippen molar-refractivity contribution in [2.75, 3.05) is 30.5 Å². The fraction of sp³-hybridized carbons (Fsp3) is 0.0882. The second-order valence-electron chi connectivity index (χ2n) is 9.98. The molecule has 258 valence electrons. The minimum absolute atomic E-state index is 0.0659. The first-order valence-corrected chi connectivity index (χ1v) is 14.8. The molecule has 4 amide bonds. The average Bonchev–Trinajstić information content (AvgIpc) is 3.10. The molecule has 2 heterocycles. The van der Waals surface area contributed by atoms with Gasteiger partial charge >= 0.3 is 12.2 Å². The molecule has 0 unspecified atom stereocenters. The number of hydrogen-bond donors (Lipinski definition) is 5. The topological polar surface area (TPSA) is 170 Å². The molecule has 0 atom stereocenters. The predicted molar refractivity (Wildman–Crippen MR) is 182 cm³/mol. The smallest absolute Gasteiger partial charge is 0.417 e. The highest BCUT2D eigenvalue weighted by atomic mass is 35.5. The largest absolute Gasteiger partial charge is 0.457 e. The zero-order chi connectivity index (χ0) is 36.3. The number of nitrogen functional groups attached to an aromatic ring is 1. The molecule has 5 rings (SSSR count). The van der Waals surface area contributed by atoms with E-state index in [2.05, 4.69) is 31.2 Å². The number of nitrogens with zero attached hydrogens (tertiary/aromatic N) is 2. The fourth-order valence-electron chi connectivity index (χ4n) is 3.98. The van der Waals surface area contributed by atoms with E-state index in [4.69, 9.17) is 26.8 Å². The third-order valence-corrected chi connectivity index (χ3v) is 6.71. The van der Waals surface area contributed by atoms with Crippen molar-refractivity contribution in [3.8, 4) is 23.0 Å². The van der Waals surface area contributed by atoms with Gasteiger partial charge in [-0.25, -0.2) is 4.79 Å². The molecule has 3 aromatic carbocycles. The van der Waals surface area contributed by atoms with Crippen LogP contribution < -0.4 is 36.5 Å². The minimum atomic E-state index is -4.64. The van der Waals surface area contributed by atoms with Crippen LogP contribution >= 0.6 is 11.6 Å². The summed E-state index contributed by atoms with van der Waals surface area (Å²) in [7, 11) is 3.04. The Morgan fingerprint density at radius 3 is 1.60 bits per heavy atom. The minimum Gasteiger partial charge on any atom is -0.457 e. The van der Waals surface area contributed by atoms with Crippen LogP contribution in [0.3, 0.4) is 0 Å². The van der Waals surface area contributed by atoms with Crippen LogP contribution in [0.1, 0.15) is 26.5 Å². The average molecular weight is 708 g/mol. The number of ether oxygens (including phenoxy) is 2. The Bertz CT molecular complexity index is 1960. The van der Waals surface area contributed by atoms with Gasteiger partial charge in [0.05, 0.1) is 10.6 Å². The number of alkyl halides is 3. The molecule has 0 aliphatic carbocycles. The number of rotatable bonds is 8. The molecule has 50 heavy (non-hydrogen) atoms. The predicted octanol–water partition coefficient (Wildman–Crippen LogP) is 7.37. The van der Waals surface area contributed by atoms with Crippen LogP contribution in [0.25, 0.3) is 0 Å². The first-order chi connectivity index (χ1) is 23.8. The second-order valence-corrected chi connectivity index (χ2v) is 10.4. The number of carbonyl (C=O) groups is 3. The van der Waals surface area contributed by atoms with Crippen LogP contribution in [0.15, 0.2) is 103 Å². The van der Waals surface area contributed by atoms with Crippen LogP contribution in [0, 0.1) is 0 Å². The highest BCUT2D eigenvalue weighted by molar-refractivity contribution is 6.31. The van der Waals surface area contributed by atoms with Crippen LogP contribution in [0.4, 0.5) is 35.0 Å². The summed E-state index contributed by atoms with van der Waals surface area (Å²) in [6.45, 7) is 0. The molecule has 12 nitrogen and oxygen atoms in total. The first-order valence-electron chi connectivity index (χ1n) is 14.5. The maximum absolute atomic E-state index is 12.9. The van der Waals surface area contributed by atoms with E-state index in [1.165, 1.54) is 31.6 Å². The summed E-state index contributed by atoms with van der Waals surface area (Å²) in [5.41, 5.74) is 6.02. The number of hydrogen-bond acceptors (Lipinski definition) is 8. The molecule has 6 N–H and O–H groups in total. The fourth-order valence-corrected chi connectivity index (χ4v) is 4.21. The first kappa shape index (κ1) is 36.5. The van der Waals surface area contributed by atoms with Crippen LogP contribution in [0.5, 0.6) is 23.0 Å². The summed E-state index contributed by atoms with van der Waals surface area (Å²) < 4.78 is 50.1. The summed E-state index contributed by atoms with van der Waals surface area (Å²) in [5, 5.41) is 9.33. The molecule has 0 aliphatic rings. The highest BCUT2D eigenvalue weighted by Crippen LogP contribution is 2.36. The molecule has 16 heteroatoms. The Balaban J connectivity index is 0.000000263. The zero-order valence-corrected chi connectivity index (χ0v) is 27.1. The highest BCUT2D eigenvalue weighted by Gasteiger charge is 2.33. The number of urea groups is 1. The van der Waals surface area contributed by atoms with E-state index in [0.29, 0.717) is 40.1 Å². The Hall–Kier alpha value is -6.35. The van der Waals surface area contributed by atoms with Crippen molar-refractivity contribution in [3.63, 3.8) is 0 Å². The molecule has 0 saturated carbocycles. The van der Waals surface area contributed by atoms with Gasteiger partial charge in [0.1, 0.15) is 34.4 Å². The standard InChI is InChI=1S/C21H16ClF3N4O3.C13H13N3O2/c1-26-19(30)18-11-15(8-9-27-18)32-14-5-2-12(3-6-14)28-20(31)29-13-4-7-17(22)16(10-13)21(23,24)25;1-15-13(17)12-8-11(6-7-16-12)18-10-4-2-9(14)3-5-10/h2-11H,1H3,(H,26,30)(H2,28,29,31);2-8H,14H2,1H3,(H,15,17). The van der Waals surface area contributed by atoms with Crippen molar-refractivity contribution in [3.05, 3.63) is 125 Å². The Kier molecular flexibility index (Phi) is 12.2. The summed E-state index contributed by atoms with van der Waals surface area (Å²) in [6, 6.07) is 21.9. The number of pyridine rings is 2. The maximum Gasteiger partial charge on any atom is 0.417 e. The number of amides is 4. The number of halogens is 4. The van der Waals surface area contributed by atoms with E-state index in [1.807, 2.05) is 0 Å². The SMILES string of the molecule is CNC(=O)c1cc(Oc2ccc(N)cc2)ccn1.CNC(=O)c1cc(Oc2ccc(NC(=O)Nc3ccc(Cl)c(C(F)(F)F)c3)cc2)ccn1. The lowest BCUT2D eigenvalue weighted by atomic mass is 10.2. The molecule has 0 bridgehead atoms. The van der Waals surface area contributed by atoms with Crippen LogP contribution in [-0.4, -0.2) is 41.9 Å². The van der Waals surface area contributed by atoms with E-state index in [0.717, 1.165) is 12.1 Å². The Labute approximate surface area is 288 Å². The van der Waals surface area contributed by atoms with Gasteiger partial charge in [-0.1, -0.05) is 11.6 Å².